The van der Waals surface area contributed by atoms with E-state index in [9.17, 15) is 9.59 Å². The zero-order valence-electron chi connectivity index (χ0n) is 21.0. The first kappa shape index (κ1) is 25.8. The summed E-state index contributed by atoms with van der Waals surface area (Å²) < 4.78 is 22.6. The van der Waals surface area contributed by atoms with Crippen LogP contribution in [-0.2, 0) is 25.5 Å². The highest BCUT2D eigenvalue weighted by molar-refractivity contribution is 6.01. The molecule has 0 aromatic heterocycles. The van der Waals surface area contributed by atoms with Crippen LogP contribution in [0.25, 0.3) is 0 Å². The van der Waals surface area contributed by atoms with E-state index in [1.165, 1.54) is 0 Å². The first-order chi connectivity index (χ1) is 14.6. The molecule has 32 heavy (non-hydrogen) atoms. The highest BCUT2D eigenvalue weighted by Gasteiger charge is 2.53. The number of carbonyl (C=O) groups excluding carboxylic acids is 2. The van der Waals surface area contributed by atoms with Crippen molar-refractivity contribution in [2.75, 3.05) is 14.2 Å². The maximum absolute atomic E-state index is 13.6. The number of esters is 2. The minimum atomic E-state index is -1.47. The number of carbonyl (C=O) groups is 2. The third kappa shape index (κ3) is 5.64. The molecule has 1 aromatic carbocycles. The fourth-order valence-corrected chi connectivity index (χ4v) is 4.07. The second-order valence-corrected chi connectivity index (χ2v) is 10.6. The Morgan fingerprint density at radius 3 is 1.81 bits per heavy atom. The summed E-state index contributed by atoms with van der Waals surface area (Å²) in [6.07, 6.45) is 0.986. The van der Waals surface area contributed by atoms with Gasteiger partial charge in [-0.05, 0) is 91.0 Å². The number of rotatable bonds is 5. The van der Waals surface area contributed by atoms with Crippen LogP contribution in [0.2, 0.25) is 0 Å². The standard InChI is InChI=1S/C26H38O6/c1-16(2)18-11-12-26(22(27)31-24(3,4)5,23(28)32-25(6,7)8)15-17-13-20(29-9)21(30-10)14-19(17)18/h13-14,18H,1,11-12,15H2,2-10H3. The smallest absolute Gasteiger partial charge is 0.324 e. The van der Waals surface area contributed by atoms with Gasteiger partial charge in [0.25, 0.3) is 0 Å². The van der Waals surface area contributed by atoms with E-state index in [4.69, 9.17) is 18.9 Å². The monoisotopic (exact) mass is 446 g/mol. The van der Waals surface area contributed by atoms with Gasteiger partial charge in [-0.25, -0.2) is 0 Å². The molecule has 0 saturated heterocycles. The quantitative estimate of drug-likeness (QED) is 0.262. The molecule has 0 radical (unpaired) electrons. The fourth-order valence-electron chi connectivity index (χ4n) is 4.07. The van der Waals surface area contributed by atoms with Crippen LogP contribution in [-0.4, -0.2) is 37.4 Å². The van der Waals surface area contributed by atoms with Gasteiger partial charge in [0.2, 0.25) is 0 Å². The summed E-state index contributed by atoms with van der Waals surface area (Å²) in [5.74, 6) is -0.0447. The third-order valence-corrected chi connectivity index (χ3v) is 5.55. The average molecular weight is 447 g/mol. The van der Waals surface area contributed by atoms with Crippen molar-refractivity contribution in [1.29, 1.82) is 0 Å². The summed E-state index contributed by atoms with van der Waals surface area (Å²) in [6.45, 7) is 16.9. The fraction of sp³-hybridized carbons (Fsp3) is 0.615. The molecule has 1 unspecified atom stereocenters. The molecule has 178 valence electrons. The first-order valence-electron chi connectivity index (χ1n) is 11.0. The SMILES string of the molecule is C=C(C)C1CCC(C(=O)OC(C)(C)C)(C(=O)OC(C)(C)C)Cc2cc(OC)c(OC)cc21. The molecule has 0 saturated carbocycles. The number of ether oxygens (including phenoxy) is 4. The molecule has 1 atom stereocenters. The molecule has 6 heteroatoms. The molecule has 1 aromatic rings. The van der Waals surface area contributed by atoms with Crippen molar-refractivity contribution in [3.8, 4) is 11.5 Å². The van der Waals surface area contributed by atoms with Crippen molar-refractivity contribution in [3.05, 3.63) is 35.4 Å². The van der Waals surface area contributed by atoms with Crippen molar-refractivity contribution in [3.63, 3.8) is 0 Å². The maximum Gasteiger partial charge on any atom is 0.324 e. The van der Waals surface area contributed by atoms with E-state index in [1.807, 2.05) is 19.1 Å². The van der Waals surface area contributed by atoms with Gasteiger partial charge < -0.3 is 18.9 Å². The normalized spacial score (nSPS) is 18.1. The van der Waals surface area contributed by atoms with E-state index in [0.717, 1.165) is 16.7 Å². The van der Waals surface area contributed by atoms with Gasteiger partial charge in [0.1, 0.15) is 11.2 Å². The molecule has 6 nitrogen and oxygen atoms in total. The number of fused-ring (bicyclic) bond motifs is 1. The Balaban J connectivity index is 2.72. The topological polar surface area (TPSA) is 71.1 Å². The lowest BCUT2D eigenvalue weighted by molar-refractivity contribution is -0.186. The maximum atomic E-state index is 13.6. The van der Waals surface area contributed by atoms with Gasteiger partial charge in [-0.3, -0.25) is 9.59 Å². The second kappa shape index (κ2) is 9.16. The molecule has 0 aliphatic heterocycles. The van der Waals surface area contributed by atoms with Gasteiger partial charge in [0, 0.05) is 5.92 Å². The lowest BCUT2D eigenvalue weighted by Gasteiger charge is -2.34. The predicted octanol–water partition coefficient (Wildman–Crippen LogP) is 5.37. The van der Waals surface area contributed by atoms with Crippen molar-refractivity contribution >= 4 is 11.9 Å². The molecule has 1 aliphatic rings. The number of methoxy groups -OCH3 is 2. The van der Waals surface area contributed by atoms with Crippen LogP contribution in [0.4, 0.5) is 0 Å². The van der Waals surface area contributed by atoms with Gasteiger partial charge in [0.05, 0.1) is 14.2 Å². The van der Waals surface area contributed by atoms with Crippen LogP contribution in [0.5, 0.6) is 11.5 Å². The molecular weight excluding hydrogens is 408 g/mol. The molecule has 0 heterocycles. The molecule has 2 rings (SSSR count). The van der Waals surface area contributed by atoms with E-state index in [2.05, 4.69) is 6.58 Å². The predicted molar refractivity (Wildman–Crippen MR) is 124 cm³/mol. The van der Waals surface area contributed by atoms with Crippen LogP contribution < -0.4 is 9.47 Å². The molecule has 0 amide bonds. The highest BCUT2D eigenvalue weighted by atomic mass is 16.6. The Morgan fingerprint density at radius 1 is 0.938 bits per heavy atom. The molecule has 0 bridgehead atoms. The Labute approximate surface area is 192 Å². The van der Waals surface area contributed by atoms with Gasteiger partial charge >= 0.3 is 11.9 Å². The number of hydrogen-bond acceptors (Lipinski definition) is 6. The van der Waals surface area contributed by atoms with E-state index in [-0.39, 0.29) is 18.8 Å². The molecule has 1 aliphatic carbocycles. The first-order valence-corrected chi connectivity index (χ1v) is 11.0. The Bertz CT molecular complexity index is 857. The molecule has 0 spiro atoms. The lowest BCUT2D eigenvalue weighted by atomic mass is 9.78. The zero-order chi connectivity index (χ0) is 24.5. The zero-order valence-corrected chi connectivity index (χ0v) is 21.0. The van der Waals surface area contributed by atoms with Crippen molar-refractivity contribution in [2.24, 2.45) is 5.41 Å². The van der Waals surface area contributed by atoms with Crippen LogP contribution in [0.3, 0.4) is 0 Å². The molecular formula is C26H38O6. The van der Waals surface area contributed by atoms with E-state index in [0.29, 0.717) is 17.9 Å². The van der Waals surface area contributed by atoms with Crippen LogP contribution in [0, 0.1) is 5.41 Å². The third-order valence-electron chi connectivity index (χ3n) is 5.55. The van der Waals surface area contributed by atoms with Crippen LogP contribution >= 0.6 is 0 Å². The highest BCUT2D eigenvalue weighted by Crippen LogP contribution is 2.47. The number of allylic oxidation sites excluding steroid dienone is 1. The minimum absolute atomic E-state index is 0.0449. The molecule has 0 fully saturated rings. The summed E-state index contributed by atoms with van der Waals surface area (Å²) in [7, 11) is 3.15. The Hall–Kier alpha value is -2.50. The van der Waals surface area contributed by atoms with Gasteiger partial charge in [0.15, 0.2) is 16.9 Å². The summed E-state index contributed by atoms with van der Waals surface area (Å²) in [6, 6.07) is 3.77. The second-order valence-electron chi connectivity index (χ2n) is 10.6. The number of benzene rings is 1. The summed E-state index contributed by atoms with van der Waals surface area (Å²) >= 11 is 0. The van der Waals surface area contributed by atoms with E-state index >= 15 is 0 Å². The Morgan fingerprint density at radius 2 is 1.41 bits per heavy atom. The number of hydrogen-bond donors (Lipinski definition) is 0. The van der Waals surface area contributed by atoms with Gasteiger partial charge in [-0.15, -0.1) is 0 Å². The largest absolute Gasteiger partial charge is 0.493 e. The van der Waals surface area contributed by atoms with Gasteiger partial charge in [-0.1, -0.05) is 12.2 Å². The Kier molecular flexibility index (Phi) is 7.38. The van der Waals surface area contributed by atoms with Crippen molar-refractivity contribution in [1.82, 2.24) is 0 Å². The minimum Gasteiger partial charge on any atom is -0.493 e. The summed E-state index contributed by atoms with van der Waals surface area (Å²) in [4.78, 5) is 27.2. The van der Waals surface area contributed by atoms with Crippen LogP contribution in [0.1, 0.15) is 78.4 Å². The van der Waals surface area contributed by atoms with Crippen LogP contribution in [0.15, 0.2) is 24.3 Å². The van der Waals surface area contributed by atoms with Gasteiger partial charge in [-0.2, -0.15) is 0 Å². The van der Waals surface area contributed by atoms with E-state index < -0.39 is 28.6 Å². The summed E-state index contributed by atoms with van der Waals surface area (Å²) in [5.41, 5.74) is -0.213. The van der Waals surface area contributed by atoms with Crippen molar-refractivity contribution < 1.29 is 28.5 Å². The van der Waals surface area contributed by atoms with Crippen molar-refractivity contribution in [2.45, 2.75) is 84.8 Å². The summed E-state index contributed by atoms with van der Waals surface area (Å²) in [5, 5.41) is 0. The average Bonchev–Trinajstić information content (AvgIpc) is 2.81. The lowest BCUT2D eigenvalue weighted by Crippen LogP contribution is -2.48. The molecule has 0 N–H and O–H groups in total. The van der Waals surface area contributed by atoms with E-state index in [1.54, 1.807) is 55.8 Å².